The molecule has 2 rings (SSSR count). The lowest BCUT2D eigenvalue weighted by molar-refractivity contribution is -0.144. The van der Waals surface area contributed by atoms with E-state index < -0.39 is 5.97 Å². The molecule has 2 aliphatic heterocycles. The minimum atomic E-state index is -0.723. The predicted octanol–water partition coefficient (Wildman–Crippen LogP) is -1.58. The molecule has 136 valence electrons. The van der Waals surface area contributed by atoms with E-state index in [0.29, 0.717) is 13.1 Å². The Morgan fingerprint density at radius 1 is 0.958 bits per heavy atom. The number of likely N-dealkylation sites (N-methyl/N-ethyl adjacent to an activating group) is 4. The van der Waals surface area contributed by atoms with E-state index in [9.17, 15) is 9.59 Å². The van der Waals surface area contributed by atoms with Crippen molar-refractivity contribution >= 4 is 18.0 Å². The maximum absolute atomic E-state index is 11.4. The first-order chi connectivity index (χ1) is 11.3. The number of hydrogen-bond donors (Lipinski definition) is 1. The van der Waals surface area contributed by atoms with Gasteiger partial charge in [0.2, 0.25) is 0 Å². The Balaban J connectivity index is 0.000000243. The molecular weight excluding hydrogens is 312 g/mol. The van der Waals surface area contributed by atoms with E-state index in [-0.39, 0.29) is 17.9 Å². The van der Waals surface area contributed by atoms with Gasteiger partial charge in [0.25, 0.3) is 5.78 Å². The molecule has 0 spiro atoms. The third-order valence-electron chi connectivity index (χ3n) is 4.50. The van der Waals surface area contributed by atoms with Gasteiger partial charge in [0, 0.05) is 39.3 Å². The zero-order chi connectivity index (χ0) is 18.3. The summed E-state index contributed by atoms with van der Waals surface area (Å²) < 4.78 is 0. The van der Waals surface area contributed by atoms with Gasteiger partial charge in [-0.2, -0.15) is 4.79 Å². The Bertz CT molecular complexity index is 494. The molecule has 0 aromatic carbocycles. The SMILES string of the molecule is CN1CCN(C)[C@@H](C(=O)C=[N+]=[N-])C1.CN1CCN(C)[C@@H](C(=O)O)C1. The van der Waals surface area contributed by atoms with Crippen LogP contribution in [-0.4, -0.2) is 127 Å². The first-order valence-corrected chi connectivity index (χ1v) is 7.98. The van der Waals surface area contributed by atoms with Gasteiger partial charge in [0.05, 0.1) is 6.04 Å². The molecule has 0 amide bonds. The van der Waals surface area contributed by atoms with Crippen molar-refractivity contribution in [3.63, 3.8) is 0 Å². The fourth-order valence-electron chi connectivity index (χ4n) is 2.74. The van der Waals surface area contributed by atoms with Crippen LogP contribution >= 0.6 is 0 Å². The van der Waals surface area contributed by atoms with Crippen LogP contribution in [0.4, 0.5) is 0 Å². The minimum absolute atomic E-state index is 0.142. The van der Waals surface area contributed by atoms with Gasteiger partial charge >= 0.3 is 12.2 Å². The largest absolute Gasteiger partial charge is 0.480 e. The van der Waals surface area contributed by atoms with Crippen molar-refractivity contribution in [3.05, 3.63) is 5.53 Å². The number of aliphatic carboxylic acids is 1. The Morgan fingerprint density at radius 3 is 1.83 bits per heavy atom. The van der Waals surface area contributed by atoms with E-state index in [2.05, 4.69) is 9.69 Å². The lowest BCUT2D eigenvalue weighted by Gasteiger charge is -2.35. The van der Waals surface area contributed by atoms with Crippen LogP contribution in [0.2, 0.25) is 0 Å². The highest BCUT2D eigenvalue weighted by Gasteiger charge is 2.29. The highest BCUT2D eigenvalue weighted by atomic mass is 16.4. The number of carbonyl (C=O) groups is 2. The van der Waals surface area contributed by atoms with Crippen molar-refractivity contribution in [1.29, 1.82) is 0 Å². The molecule has 0 aromatic heterocycles. The third kappa shape index (κ3) is 6.10. The quantitative estimate of drug-likeness (QED) is 0.376. The second kappa shape index (κ2) is 9.61. The second-order valence-corrected chi connectivity index (χ2v) is 6.50. The molecule has 1 N–H and O–H groups in total. The zero-order valence-electron chi connectivity index (χ0n) is 14.9. The van der Waals surface area contributed by atoms with E-state index in [1.54, 1.807) is 0 Å². The average Bonchev–Trinajstić information content (AvgIpc) is 2.52. The van der Waals surface area contributed by atoms with E-state index in [0.717, 1.165) is 32.4 Å². The van der Waals surface area contributed by atoms with Crippen LogP contribution in [0.3, 0.4) is 0 Å². The molecular formula is C15H28N6O3. The van der Waals surface area contributed by atoms with Crippen molar-refractivity contribution in [3.8, 4) is 0 Å². The molecule has 0 radical (unpaired) electrons. The summed E-state index contributed by atoms with van der Waals surface area (Å²) in [5.41, 5.74) is 8.24. The van der Waals surface area contributed by atoms with Crippen LogP contribution in [0.15, 0.2) is 0 Å². The Hall–Kier alpha value is -1.64. The van der Waals surface area contributed by atoms with E-state index >= 15 is 0 Å². The summed E-state index contributed by atoms with van der Waals surface area (Å²) in [4.78, 5) is 32.8. The maximum atomic E-state index is 11.4. The molecule has 0 aromatic rings. The Kier molecular flexibility index (Phi) is 8.17. The number of nitrogens with zero attached hydrogens (tertiary/aromatic N) is 6. The van der Waals surface area contributed by atoms with Gasteiger partial charge in [-0.05, 0) is 28.2 Å². The molecule has 2 atom stereocenters. The van der Waals surface area contributed by atoms with Gasteiger partial charge in [0.15, 0.2) is 0 Å². The third-order valence-corrected chi connectivity index (χ3v) is 4.50. The highest BCUT2D eigenvalue weighted by molar-refractivity contribution is 6.27. The molecule has 9 heteroatoms. The lowest BCUT2D eigenvalue weighted by Crippen LogP contribution is -2.53. The molecule has 0 unspecified atom stereocenters. The number of carbonyl (C=O) groups excluding carboxylic acids is 1. The molecule has 0 aliphatic carbocycles. The van der Waals surface area contributed by atoms with Gasteiger partial charge in [-0.25, -0.2) is 0 Å². The molecule has 0 saturated carbocycles. The fraction of sp³-hybridized carbons (Fsp3) is 0.800. The number of rotatable bonds is 3. The number of Topliss-reactive ketones (excluding diaryl/α,β-unsaturated/α-hetero) is 1. The van der Waals surface area contributed by atoms with Crippen molar-refractivity contribution in [2.75, 3.05) is 67.5 Å². The first kappa shape index (κ1) is 20.4. The van der Waals surface area contributed by atoms with Gasteiger partial charge in [-0.1, -0.05) is 0 Å². The van der Waals surface area contributed by atoms with E-state index in [4.69, 9.17) is 10.6 Å². The number of hydrogen-bond acceptors (Lipinski definition) is 6. The number of carboxylic acid groups (broad SMARTS) is 1. The van der Waals surface area contributed by atoms with Gasteiger partial charge in [0.1, 0.15) is 6.04 Å². The second-order valence-electron chi connectivity index (χ2n) is 6.50. The van der Waals surface area contributed by atoms with Crippen molar-refractivity contribution in [1.82, 2.24) is 19.6 Å². The first-order valence-electron chi connectivity index (χ1n) is 7.98. The van der Waals surface area contributed by atoms with E-state index in [1.807, 2.05) is 42.9 Å². The number of piperazine rings is 2. The Labute approximate surface area is 143 Å². The topological polar surface area (TPSA) is 104 Å². The van der Waals surface area contributed by atoms with Crippen LogP contribution < -0.4 is 0 Å². The average molecular weight is 340 g/mol. The number of ketones is 1. The fourth-order valence-corrected chi connectivity index (χ4v) is 2.74. The molecule has 2 saturated heterocycles. The predicted molar refractivity (Wildman–Crippen MR) is 90.2 cm³/mol. The molecule has 2 aliphatic rings. The number of carboxylic acids is 1. The van der Waals surface area contributed by atoms with Crippen molar-refractivity contribution in [2.45, 2.75) is 12.1 Å². The highest BCUT2D eigenvalue weighted by Crippen LogP contribution is 2.06. The molecule has 0 bridgehead atoms. The van der Waals surface area contributed by atoms with Crippen molar-refractivity contribution < 1.29 is 19.5 Å². The van der Waals surface area contributed by atoms with Crippen LogP contribution in [0, 0.1) is 0 Å². The van der Waals surface area contributed by atoms with Crippen molar-refractivity contribution in [2.24, 2.45) is 0 Å². The Morgan fingerprint density at radius 2 is 1.42 bits per heavy atom. The smallest absolute Gasteiger partial charge is 0.324 e. The van der Waals surface area contributed by atoms with Gasteiger partial charge in [-0.3, -0.25) is 19.4 Å². The molecule has 2 fully saturated rings. The summed E-state index contributed by atoms with van der Waals surface area (Å²) in [6.45, 7) is 4.96. The van der Waals surface area contributed by atoms with Gasteiger partial charge in [-0.15, -0.1) is 0 Å². The van der Waals surface area contributed by atoms with E-state index in [1.165, 1.54) is 0 Å². The molecule has 2 heterocycles. The van der Waals surface area contributed by atoms with Gasteiger partial charge < -0.3 is 20.4 Å². The van der Waals surface area contributed by atoms with Crippen LogP contribution in [0.1, 0.15) is 0 Å². The lowest BCUT2D eigenvalue weighted by atomic mass is 10.1. The standard InChI is InChI=1S/C8H14N4O.C7H14N2O2/c1-11-3-4-12(2)7(6-11)8(13)5-10-9;1-8-3-4-9(2)6(5-8)7(10)11/h5,7H,3-4,6H2,1-2H3;6H,3-5H2,1-2H3,(H,10,11)/t7-;6-/m11/s1. The normalized spacial score (nSPS) is 26.8. The zero-order valence-corrected chi connectivity index (χ0v) is 14.9. The summed E-state index contributed by atoms with van der Waals surface area (Å²) in [5.74, 6) is -0.865. The minimum Gasteiger partial charge on any atom is -0.480 e. The molecule has 9 nitrogen and oxygen atoms in total. The summed E-state index contributed by atoms with van der Waals surface area (Å²) in [6.07, 6.45) is 0.973. The van der Waals surface area contributed by atoms with Crippen LogP contribution in [0.5, 0.6) is 0 Å². The summed E-state index contributed by atoms with van der Waals surface area (Å²) in [5, 5.41) is 8.76. The molecule has 24 heavy (non-hydrogen) atoms. The van der Waals surface area contributed by atoms with Crippen LogP contribution in [-0.2, 0) is 9.59 Å². The maximum Gasteiger partial charge on any atom is 0.324 e. The monoisotopic (exact) mass is 340 g/mol. The summed E-state index contributed by atoms with van der Waals surface area (Å²) in [6, 6.07) is -0.497. The summed E-state index contributed by atoms with van der Waals surface area (Å²) in [7, 11) is 7.68. The summed E-state index contributed by atoms with van der Waals surface area (Å²) >= 11 is 0. The van der Waals surface area contributed by atoms with Crippen LogP contribution in [0.25, 0.3) is 5.53 Å².